The zero-order valence-electron chi connectivity index (χ0n) is 12.8. The van der Waals surface area contributed by atoms with E-state index in [0.717, 1.165) is 10.9 Å². The molecule has 1 N–H and O–H groups in total. The van der Waals surface area contributed by atoms with E-state index in [1.165, 1.54) is 12.2 Å². The van der Waals surface area contributed by atoms with Gasteiger partial charge in [0.1, 0.15) is 5.76 Å². The third-order valence-corrected chi connectivity index (χ3v) is 3.92. The number of ketones is 1. The second-order valence-corrected chi connectivity index (χ2v) is 5.95. The summed E-state index contributed by atoms with van der Waals surface area (Å²) in [5.41, 5.74) is 1.37. The Morgan fingerprint density at radius 3 is 2.79 bits per heavy atom. The van der Waals surface area contributed by atoms with Crippen molar-refractivity contribution in [1.29, 1.82) is 0 Å². The first-order valence-corrected chi connectivity index (χ1v) is 8.08. The minimum Gasteiger partial charge on any atom is -0.451 e. The lowest BCUT2D eigenvalue weighted by Gasteiger charge is -2.10. The third kappa shape index (κ3) is 3.49. The summed E-state index contributed by atoms with van der Waals surface area (Å²) in [6.45, 7) is 1.55. The van der Waals surface area contributed by atoms with E-state index in [9.17, 15) is 9.59 Å². The number of furan rings is 1. The number of nitrogens with one attached hydrogen (secondary N) is 1. The van der Waals surface area contributed by atoms with Crippen LogP contribution in [0.25, 0.3) is 17.0 Å². The molecule has 6 heteroatoms. The van der Waals surface area contributed by atoms with Gasteiger partial charge in [-0.3, -0.25) is 4.79 Å². The molecule has 0 aliphatic heterocycles. The van der Waals surface area contributed by atoms with Crippen molar-refractivity contribution in [3.8, 4) is 0 Å². The van der Waals surface area contributed by atoms with Gasteiger partial charge < -0.3 is 14.1 Å². The van der Waals surface area contributed by atoms with Crippen molar-refractivity contribution in [2.24, 2.45) is 0 Å². The number of H-pyrrole nitrogens is 1. The van der Waals surface area contributed by atoms with Crippen molar-refractivity contribution >= 4 is 44.7 Å². The highest BCUT2D eigenvalue weighted by molar-refractivity contribution is 9.10. The fraction of sp³-hybridized carbons (Fsp3) is 0.111. The Bertz CT molecular complexity index is 922. The molecule has 0 radical (unpaired) electrons. The zero-order chi connectivity index (χ0) is 17.1. The lowest BCUT2D eigenvalue weighted by molar-refractivity contribution is -0.140. The Labute approximate surface area is 146 Å². The molecule has 0 saturated carbocycles. The van der Waals surface area contributed by atoms with Crippen LogP contribution in [0, 0.1) is 0 Å². The molecule has 0 saturated heterocycles. The molecule has 3 aromatic rings. The number of aromatic nitrogens is 1. The van der Waals surface area contributed by atoms with Gasteiger partial charge >= 0.3 is 5.97 Å². The van der Waals surface area contributed by atoms with E-state index in [4.69, 9.17) is 9.15 Å². The van der Waals surface area contributed by atoms with Gasteiger partial charge in [0.2, 0.25) is 5.78 Å². The number of rotatable bonds is 5. The van der Waals surface area contributed by atoms with Crippen LogP contribution in [0.4, 0.5) is 0 Å². The lowest BCUT2D eigenvalue weighted by Crippen LogP contribution is -2.23. The van der Waals surface area contributed by atoms with E-state index >= 15 is 0 Å². The summed E-state index contributed by atoms with van der Waals surface area (Å²) in [7, 11) is 0. The number of fused-ring (bicyclic) bond motifs is 1. The molecule has 0 aliphatic rings. The number of halogens is 1. The number of hydrogen-bond donors (Lipinski definition) is 1. The number of aromatic amines is 1. The quantitative estimate of drug-likeness (QED) is 0.401. The molecule has 2 aromatic heterocycles. The van der Waals surface area contributed by atoms with Crippen molar-refractivity contribution in [3.05, 3.63) is 64.7 Å². The Hall–Kier alpha value is -2.60. The van der Waals surface area contributed by atoms with Crippen LogP contribution in [0.1, 0.15) is 23.0 Å². The normalized spacial score (nSPS) is 12.6. The summed E-state index contributed by atoms with van der Waals surface area (Å²) in [5, 5.41) is 0.807. The SMILES string of the molecule is CC(OC(=O)C=Cc1ccc(Br)o1)C(=O)c1c[nH]c2ccccc12. The topological polar surface area (TPSA) is 72.3 Å². The average Bonchev–Trinajstić information content (AvgIpc) is 3.18. The fourth-order valence-corrected chi connectivity index (χ4v) is 2.65. The Balaban J connectivity index is 1.67. The minimum atomic E-state index is -0.885. The van der Waals surface area contributed by atoms with Gasteiger partial charge in [-0.2, -0.15) is 0 Å². The smallest absolute Gasteiger partial charge is 0.331 e. The number of ether oxygens (including phenoxy) is 1. The highest BCUT2D eigenvalue weighted by Crippen LogP contribution is 2.20. The molecule has 0 bridgehead atoms. The van der Waals surface area contributed by atoms with Crippen LogP contribution >= 0.6 is 15.9 Å². The maximum Gasteiger partial charge on any atom is 0.331 e. The molecule has 0 amide bonds. The molecule has 5 nitrogen and oxygen atoms in total. The Kier molecular flexibility index (Phi) is 4.66. The number of Topliss-reactive ketones (excluding diaryl/α,β-unsaturated/α-hetero) is 1. The summed E-state index contributed by atoms with van der Waals surface area (Å²) in [6, 6.07) is 10.9. The van der Waals surface area contributed by atoms with Crippen molar-refractivity contribution in [1.82, 2.24) is 4.98 Å². The average molecular weight is 388 g/mol. The van der Waals surface area contributed by atoms with Crippen LogP contribution in [0.5, 0.6) is 0 Å². The Morgan fingerprint density at radius 2 is 2.04 bits per heavy atom. The maximum absolute atomic E-state index is 12.5. The van der Waals surface area contributed by atoms with Gasteiger partial charge in [-0.1, -0.05) is 18.2 Å². The lowest BCUT2D eigenvalue weighted by atomic mass is 10.1. The third-order valence-electron chi connectivity index (χ3n) is 3.49. The second-order valence-electron chi connectivity index (χ2n) is 5.17. The molecule has 1 aromatic carbocycles. The monoisotopic (exact) mass is 387 g/mol. The van der Waals surface area contributed by atoms with Crippen LogP contribution < -0.4 is 0 Å². The molecule has 1 atom stereocenters. The van der Waals surface area contributed by atoms with Crippen molar-refractivity contribution in [3.63, 3.8) is 0 Å². The van der Waals surface area contributed by atoms with E-state index in [1.807, 2.05) is 24.3 Å². The highest BCUT2D eigenvalue weighted by Gasteiger charge is 2.21. The van der Waals surface area contributed by atoms with Gasteiger partial charge in [0.05, 0.1) is 0 Å². The molecular weight excluding hydrogens is 374 g/mol. The summed E-state index contributed by atoms with van der Waals surface area (Å²) >= 11 is 3.18. The molecular formula is C18H14BrNO4. The molecule has 0 spiro atoms. The van der Waals surface area contributed by atoms with E-state index in [-0.39, 0.29) is 5.78 Å². The molecule has 0 aliphatic carbocycles. The number of carbonyl (C=O) groups excluding carboxylic acids is 2. The minimum absolute atomic E-state index is 0.255. The van der Waals surface area contributed by atoms with E-state index in [0.29, 0.717) is 16.0 Å². The number of esters is 1. The fourth-order valence-electron chi connectivity index (χ4n) is 2.33. The van der Waals surface area contributed by atoms with Crippen molar-refractivity contribution < 1.29 is 18.7 Å². The number of benzene rings is 1. The van der Waals surface area contributed by atoms with E-state index < -0.39 is 12.1 Å². The van der Waals surface area contributed by atoms with Gasteiger partial charge in [0, 0.05) is 28.7 Å². The van der Waals surface area contributed by atoms with Gasteiger partial charge in [-0.05, 0) is 47.1 Å². The summed E-state index contributed by atoms with van der Waals surface area (Å²) in [4.78, 5) is 27.4. The molecule has 1 unspecified atom stereocenters. The summed E-state index contributed by atoms with van der Waals surface area (Å²) in [5.74, 6) is -0.354. The van der Waals surface area contributed by atoms with Crippen LogP contribution in [-0.2, 0) is 9.53 Å². The Morgan fingerprint density at radius 1 is 1.25 bits per heavy atom. The van der Waals surface area contributed by atoms with Crippen LogP contribution in [0.15, 0.2) is 57.8 Å². The van der Waals surface area contributed by atoms with Gasteiger partial charge in [-0.15, -0.1) is 0 Å². The first kappa shape index (κ1) is 16.3. The van der Waals surface area contributed by atoms with Gasteiger partial charge in [0.25, 0.3) is 0 Å². The highest BCUT2D eigenvalue weighted by atomic mass is 79.9. The molecule has 24 heavy (non-hydrogen) atoms. The van der Waals surface area contributed by atoms with E-state index in [1.54, 1.807) is 25.3 Å². The summed E-state index contributed by atoms with van der Waals surface area (Å²) < 4.78 is 11.0. The predicted octanol–water partition coefficient (Wildman–Crippen LogP) is 4.35. The van der Waals surface area contributed by atoms with Crippen LogP contribution in [0.3, 0.4) is 0 Å². The van der Waals surface area contributed by atoms with E-state index in [2.05, 4.69) is 20.9 Å². The van der Waals surface area contributed by atoms with Crippen molar-refractivity contribution in [2.45, 2.75) is 13.0 Å². The van der Waals surface area contributed by atoms with Gasteiger partial charge in [-0.25, -0.2) is 4.79 Å². The van der Waals surface area contributed by atoms with Crippen LogP contribution in [-0.4, -0.2) is 22.8 Å². The number of para-hydroxylation sites is 1. The number of carbonyl (C=O) groups is 2. The first-order chi connectivity index (χ1) is 11.5. The second kappa shape index (κ2) is 6.88. The molecule has 0 fully saturated rings. The maximum atomic E-state index is 12.5. The van der Waals surface area contributed by atoms with Gasteiger partial charge in [0.15, 0.2) is 10.8 Å². The zero-order valence-corrected chi connectivity index (χ0v) is 14.4. The molecule has 122 valence electrons. The standard InChI is InChI=1S/C18H14BrNO4/c1-11(23-17(21)9-7-12-6-8-16(19)24-12)18(22)14-10-20-15-5-3-2-4-13(14)15/h2-11,20H,1H3. The molecule has 2 heterocycles. The van der Waals surface area contributed by atoms with Crippen molar-refractivity contribution in [2.75, 3.05) is 0 Å². The summed E-state index contributed by atoms with van der Waals surface area (Å²) in [6.07, 6.45) is 3.46. The molecule has 3 rings (SSSR count). The largest absolute Gasteiger partial charge is 0.451 e. The van der Waals surface area contributed by atoms with Crippen LogP contribution in [0.2, 0.25) is 0 Å². The predicted molar refractivity (Wildman–Crippen MR) is 93.6 cm³/mol. The first-order valence-electron chi connectivity index (χ1n) is 7.29. The number of hydrogen-bond acceptors (Lipinski definition) is 4.